The van der Waals surface area contributed by atoms with Gasteiger partial charge in [0.1, 0.15) is 0 Å². The monoisotopic (exact) mass is 383 g/mol. The molecule has 1 fully saturated rings. The minimum absolute atomic E-state index is 0.0285. The Labute approximate surface area is 161 Å². The van der Waals surface area contributed by atoms with Crippen LogP contribution in [0.3, 0.4) is 0 Å². The van der Waals surface area contributed by atoms with Crippen molar-refractivity contribution in [2.45, 2.75) is 0 Å². The van der Waals surface area contributed by atoms with Crippen LogP contribution >= 0.6 is 11.3 Å². The normalized spacial score (nSPS) is 15.2. The van der Waals surface area contributed by atoms with Crippen molar-refractivity contribution in [3.05, 3.63) is 52.5 Å². The van der Waals surface area contributed by atoms with Crippen LogP contribution in [-0.2, 0) is 0 Å². The van der Waals surface area contributed by atoms with Gasteiger partial charge in [-0.1, -0.05) is 0 Å². The number of nitrogens with zero attached hydrogens (tertiary/aromatic N) is 3. The lowest BCUT2D eigenvalue weighted by atomic mass is 10.1. The summed E-state index contributed by atoms with van der Waals surface area (Å²) in [6, 6.07) is 7.38. The number of rotatable bonds is 5. The van der Waals surface area contributed by atoms with E-state index in [0.29, 0.717) is 30.8 Å². The number of thiophene rings is 1. The van der Waals surface area contributed by atoms with Crippen LogP contribution < -0.4 is 5.32 Å². The SMILES string of the molecule is O=C(NCCN1CCN(C(=O)c2ccc3nc[nH]c3c2)CC1)c1ccsc1. The number of benzene rings is 1. The minimum Gasteiger partial charge on any atom is -0.351 e. The van der Waals surface area contributed by atoms with E-state index in [1.165, 1.54) is 11.3 Å². The van der Waals surface area contributed by atoms with Crippen molar-refractivity contribution in [3.8, 4) is 0 Å². The largest absolute Gasteiger partial charge is 0.351 e. The molecule has 1 saturated heterocycles. The maximum absolute atomic E-state index is 12.7. The number of carbonyl (C=O) groups is 2. The Morgan fingerprint density at radius 1 is 1.15 bits per heavy atom. The standard InChI is InChI=1S/C19H21N5O2S/c25-18(15-3-10-27-12-15)20-4-5-23-6-8-24(9-7-23)19(26)14-1-2-16-17(11-14)22-13-21-16/h1-3,10-13H,4-9H2,(H,20,25)(H,21,22). The van der Waals surface area contributed by atoms with Crippen LogP contribution in [0.2, 0.25) is 0 Å². The fourth-order valence-electron chi connectivity index (χ4n) is 3.25. The fourth-order valence-corrected chi connectivity index (χ4v) is 3.88. The summed E-state index contributed by atoms with van der Waals surface area (Å²) in [4.78, 5) is 36.0. The molecule has 0 unspecified atom stereocenters. The van der Waals surface area contributed by atoms with Crippen molar-refractivity contribution in [2.75, 3.05) is 39.3 Å². The van der Waals surface area contributed by atoms with Gasteiger partial charge < -0.3 is 15.2 Å². The summed E-state index contributed by atoms with van der Waals surface area (Å²) in [7, 11) is 0. The first-order valence-electron chi connectivity index (χ1n) is 8.96. The zero-order chi connectivity index (χ0) is 18.6. The zero-order valence-electron chi connectivity index (χ0n) is 14.9. The van der Waals surface area contributed by atoms with Gasteiger partial charge in [0.25, 0.3) is 11.8 Å². The lowest BCUT2D eigenvalue weighted by Gasteiger charge is -2.34. The van der Waals surface area contributed by atoms with E-state index < -0.39 is 0 Å². The van der Waals surface area contributed by atoms with Crippen LogP contribution in [0.15, 0.2) is 41.4 Å². The third-order valence-electron chi connectivity index (χ3n) is 4.82. The van der Waals surface area contributed by atoms with Crippen LogP contribution in [0.4, 0.5) is 0 Å². The molecular formula is C19H21N5O2S. The molecule has 1 aromatic carbocycles. The molecule has 2 aromatic heterocycles. The van der Waals surface area contributed by atoms with Gasteiger partial charge in [0.15, 0.2) is 0 Å². The molecule has 1 aliphatic rings. The minimum atomic E-state index is -0.0285. The average molecular weight is 383 g/mol. The molecule has 0 bridgehead atoms. The molecule has 140 valence electrons. The van der Waals surface area contributed by atoms with Crippen molar-refractivity contribution in [1.29, 1.82) is 0 Å². The Morgan fingerprint density at radius 2 is 2.00 bits per heavy atom. The molecule has 1 aliphatic heterocycles. The topological polar surface area (TPSA) is 81.3 Å². The Morgan fingerprint density at radius 3 is 2.78 bits per heavy atom. The molecule has 2 N–H and O–H groups in total. The van der Waals surface area contributed by atoms with Gasteiger partial charge >= 0.3 is 0 Å². The van der Waals surface area contributed by atoms with Crippen LogP contribution in [0.5, 0.6) is 0 Å². The summed E-state index contributed by atoms with van der Waals surface area (Å²) in [6.07, 6.45) is 1.63. The number of H-pyrrole nitrogens is 1. The molecule has 2 amide bonds. The van der Waals surface area contributed by atoms with Gasteiger partial charge in [0.05, 0.1) is 17.4 Å². The van der Waals surface area contributed by atoms with Gasteiger partial charge in [-0.2, -0.15) is 11.3 Å². The summed E-state index contributed by atoms with van der Waals surface area (Å²) in [5, 5.41) is 6.69. The van der Waals surface area contributed by atoms with E-state index in [0.717, 1.165) is 30.7 Å². The number of imidazole rings is 1. The highest BCUT2D eigenvalue weighted by Crippen LogP contribution is 2.14. The van der Waals surface area contributed by atoms with Crippen LogP contribution in [0, 0.1) is 0 Å². The highest BCUT2D eigenvalue weighted by molar-refractivity contribution is 7.08. The van der Waals surface area contributed by atoms with Gasteiger partial charge in [-0.25, -0.2) is 4.98 Å². The second kappa shape index (κ2) is 7.89. The highest BCUT2D eigenvalue weighted by atomic mass is 32.1. The highest BCUT2D eigenvalue weighted by Gasteiger charge is 2.22. The van der Waals surface area contributed by atoms with Crippen molar-refractivity contribution in [2.24, 2.45) is 0 Å². The summed E-state index contributed by atoms with van der Waals surface area (Å²) in [5.41, 5.74) is 3.13. The van der Waals surface area contributed by atoms with E-state index in [9.17, 15) is 9.59 Å². The maximum atomic E-state index is 12.7. The Kier molecular flexibility index (Phi) is 5.17. The fraction of sp³-hybridized carbons (Fsp3) is 0.316. The smallest absolute Gasteiger partial charge is 0.254 e. The lowest BCUT2D eigenvalue weighted by Crippen LogP contribution is -2.50. The second-order valence-electron chi connectivity index (χ2n) is 6.54. The van der Waals surface area contributed by atoms with E-state index in [1.54, 1.807) is 6.33 Å². The quantitative estimate of drug-likeness (QED) is 0.704. The molecule has 3 heterocycles. The Balaban J connectivity index is 1.24. The number of amides is 2. The molecule has 0 radical (unpaired) electrons. The first kappa shape index (κ1) is 17.7. The van der Waals surface area contributed by atoms with Crippen molar-refractivity contribution in [3.63, 3.8) is 0 Å². The van der Waals surface area contributed by atoms with Gasteiger partial charge in [-0.15, -0.1) is 0 Å². The van der Waals surface area contributed by atoms with Crippen LogP contribution in [0.1, 0.15) is 20.7 Å². The predicted octanol–water partition coefficient (Wildman–Crippen LogP) is 1.81. The van der Waals surface area contributed by atoms with Gasteiger partial charge in [0, 0.05) is 55.8 Å². The molecule has 27 heavy (non-hydrogen) atoms. The zero-order valence-corrected chi connectivity index (χ0v) is 15.7. The molecule has 3 aromatic rings. The third kappa shape index (κ3) is 4.01. The summed E-state index contributed by atoms with van der Waals surface area (Å²) in [6.45, 7) is 4.41. The number of nitrogens with one attached hydrogen (secondary N) is 2. The molecule has 8 heteroatoms. The van der Waals surface area contributed by atoms with Crippen molar-refractivity contribution >= 4 is 34.2 Å². The average Bonchev–Trinajstić information content (AvgIpc) is 3.39. The molecule has 0 saturated carbocycles. The molecule has 7 nitrogen and oxygen atoms in total. The van der Waals surface area contributed by atoms with Crippen molar-refractivity contribution in [1.82, 2.24) is 25.1 Å². The Bertz CT molecular complexity index is 929. The summed E-state index contributed by atoms with van der Waals surface area (Å²) in [5.74, 6) is 0.0242. The maximum Gasteiger partial charge on any atom is 0.254 e. The van der Waals surface area contributed by atoms with Gasteiger partial charge in [-0.05, 0) is 29.6 Å². The third-order valence-corrected chi connectivity index (χ3v) is 5.51. The number of piperazine rings is 1. The molecular weight excluding hydrogens is 362 g/mol. The van der Waals surface area contributed by atoms with E-state index in [-0.39, 0.29) is 11.8 Å². The van der Waals surface area contributed by atoms with E-state index in [2.05, 4.69) is 20.2 Å². The molecule has 4 rings (SSSR count). The summed E-state index contributed by atoms with van der Waals surface area (Å²) >= 11 is 1.52. The van der Waals surface area contributed by atoms with Crippen LogP contribution in [0.25, 0.3) is 11.0 Å². The van der Waals surface area contributed by atoms with Crippen LogP contribution in [-0.4, -0.2) is 70.9 Å². The van der Waals surface area contributed by atoms with E-state index in [4.69, 9.17) is 0 Å². The lowest BCUT2D eigenvalue weighted by molar-refractivity contribution is 0.0638. The van der Waals surface area contributed by atoms with Crippen molar-refractivity contribution < 1.29 is 9.59 Å². The number of fused-ring (bicyclic) bond motifs is 1. The number of hydrogen-bond acceptors (Lipinski definition) is 5. The van der Waals surface area contributed by atoms with Gasteiger partial charge in [0.2, 0.25) is 0 Å². The van der Waals surface area contributed by atoms with E-state index >= 15 is 0 Å². The molecule has 0 aliphatic carbocycles. The molecule has 0 atom stereocenters. The van der Waals surface area contributed by atoms with Gasteiger partial charge in [-0.3, -0.25) is 14.5 Å². The van der Waals surface area contributed by atoms with E-state index in [1.807, 2.05) is 39.9 Å². The predicted molar refractivity (Wildman–Crippen MR) is 105 cm³/mol. The number of aromatic amines is 1. The number of carbonyl (C=O) groups excluding carboxylic acids is 2. The first-order chi connectivity index (χ1) is 13.2. The second-order valence-corrected chi connectivity index (χ2v) is 7.32. The summed E-state index contributed by atoms with van der Waals surface area (Å²) < 4.78 is 0. The molecule has 0 spiro atoms. The Hall–Kier alpha value is -2.71. The number of hydrogen-bond donors (Lipinski definition) is 2. The number of aromatic nitrogens is 2. The first-order valence-corrected chi connectivity index (χ1v) is 9.90.